The van der Waals surface area contributed by atoms with Gasteiger partial charge in [-0.15, -0.1) is 0 Å². The number of carbonyl (C=O) groups is 1. The molecular weight excluding hydrogens is 254 g/mol. The molecule has 0 aliphatic carbocycles. The molecule has 0 radical (unpaired) electrons. The Balaban J connectivity index is 1.90. The van der Waals surface area contributed by atoms with Crippen molar-refractivity contribution in [2.75, 3.05) is 30.7 Å². The monoisotopic (exact) mass is 277 g/mol. The molecular formula is C15H23N3O2. The summed E-state index contributed by atoms with van der Waals surface area (Å²) in [6.07, 6.45) is 1.71. The van der Waals surface area contributed by atoms with Crippen LogP contribution in [0.15, 0.2) is 18.2 Å². The first-order valence-electron chi connectivity index (χ1n) is 6.96. The topological polar surface area (TPSA) is 78.6 Å². The van der Waals surface area contributed by atoms with Gasteiger partial charge >= 0.3 is 0 Å². The second-order valence-corrected chi connectivity index (χ2v) is 5.93. The lowest BCUT2D eigenvalue weighted by molar-refractivity contribution is -0.118. The number of aliphatic hydroxyl groups is 1. The van der Waals surface area contributed by atoms with Gasteiger partial charge in [-0.3, -0.25) is 9.69 Å². The molecule has 1 saturated heterocycles. The van der Waals surface area contributed by atoms with Crippen molar-refractivity contribution in [3.8, 4) is 0 Å². The summed E-state index contributed by atoms with van der Waals surface area (Å²) in [6, 6.07) is 5.49. The van der Waals surface area contributed by atoms with E-state index in [2.05, 4.69) is 5.32 Å². The Morgan fingerprint density at radius 2 is 2.30 bits per heavy atom. The van der Waals surface area contributed by atoms with Crippen LogP contribution in [0.25, 0.3) is 0 Å². The van der Waals surface area contributed by atoms with Gasteiger partial charge in [0.1, 0.15) is 0 Å². The van der Waals surface area contributed by atoms with Crippen LogP contribution in [-0.2, 0) is 4.79 Å². The molecule has 5 heteroatoms. The van der Waals surface area contributed by atoms with Gasteiger partial charge in [-0.05, 0) is 50.9 Å². The highest BCUT2D eigenvalue weighted by Crippen LogP contribution is 2.20. The first-order chi connectivity index (χ1) is 9.35. The molecule has 0 bridgehead atoms. The second kappa shape index (κ2) is 5.81. The Morgan fingerprint density at radius 1 is 1.55 bits per heavy atom. The third-order valence-electron chi connectivity index (χ3n) is 3.68. The van der Waals surface area contributed by atoms with Crippen LogP contribution in [0.5, 0.6) is 0 Å². The van der Waals surface area contributed by atoms with E-state index in [0.29, 0.717) is 24.5 Å². The molecule has 4 N–H and O–H groups in total. The van der Waals surface area contributed by atoms with Crippen molar-refractivity contribution in [2.45, 2.75) is 32.3 Å². The molecule has 1 aliphatic heterocycles. The van der Waals surface area contributed by atoms with Crippen molar-refractivity contribution in [2.24, 2.45) is 0 Å². The van der Waals surface area contributed by atoms with Gasteiger partial charge in [0.2, 0.25) is 5.91 Å². The number of piperidine rings is 1. The van der Waals surface area contributed by atoms with Crippen molar-refractivity contribution in [3.05, 3.63) is 23.8 Å². The van der Waals surface area contributed by atoms with Crippen LogP contribution in [0, 0.1) is 6.92 Å². The van der Waals surface area contributed by atoms with E-state index in [1.54, 1.807) is 6.07 Å². The number of β-amino-alcohol motifs (C(OH)–C–C–N with tert-alkyl or cyclic N) is 1. The Labute approximate surface area is 119 Å². The standard InChI is InChI=1S/C15H23N3O2/c1-11-4-5-12(8-13(11)16)17-14(19)9-18-7-3-6-15(2,20)10-18/h4-5,8,20H,3,6-7,9-10,16H2,1-2H3,(H,17,19). The summed E-state index contributed by atoms with van der Waals surface area (Å²) < 4.78 is 0. The van der Waals surface area contributed by atoms with Crippen LogP contribution < -0.4 is 11.1 Å². The zero-order valence-corrected chi connectivity index (χ0v) is 12.1. The number of aryl methyl sites for hydroxylation is 1. The number of anilines is 2. The molecule has 2 rings (SSSR count). The van der Waals surface area contributed by atoms with Crippen molar-refractivity contribution >= 4 is 17.3 Å². The SMILES string of the molecule is Cc1ccc(NC(=O)CN2CCCC(C)(O)C2)cc1N. The highest BCUT2D eigenvalue weighted by Gasteiger charge is 2.29. The van der Waals surface area contributed by atoms with E-state index in [4.69, 9.17) is 5.73 Å². The lowest BCUT2D eigenvalue weighted by Crippen LogP contribution is -2.48. The number of hydrogen-bond donors (Lipinski definition) is 3. The Hall–Kier alpha value is -1.59. The lowest BCUT2D eigenvalue weighted by Gasteiger charge is -2.36. The normalized spacial score (nSPS) is 23.6. The van der Waals surface area contributed by atoms with Crippen molar-refractivity contribution < 1.29 is 9.90 Å². The second-order valence-electron chi connectivity index (χ2n) is 5.93. The van der Waals surface area contributed by atoms with E-state index in [-0.39, 0.29) is 5.91 Å². The van der Waals surface area contributed by atoms with Gasteiger partial charge in [0.25, 0.3) is 0 Å². The molecule has 0 saturated carbocycles. The number of nitrogens with zero attached hydrogens (tertiary/aromatic N) is 1. The highest BCUT2D eigenvalue weighted by molar-refractivity contribution is 5.92. The summed E-state index contributed by atoms with van der Waals surface area (Å²) >= 11 is 0. The Morgan fingerprint density at radius 3 is 2.95 bits per heavy atom. The molecule has 1 unspecified atom stereocenters. The molecule has 5 nitrogen and oxygen atoms in total. The Bertz CT molecular complexity index is 500. The minimum atomic E-state index is -0.688. The predicted octanol–water partition coefficient (Wildman–Crippen LogP) is 1.36. The summed E-state index contributed by atoms with van der Waals surface area (Å²) in [7, 11) is 0. The quantitative estimate of drug-likeness (QED) is 0.729. The minimum absolute atomic E-state index is 0.0778. The van der Waals surface area contributed by atoms with Crippen LogP contribution >= 0.6 is 0 Å². The summed E-state index contributed by atoms with van der Waals surface area (Å²) in [5.41, 5.74) is 7.51. The van der Waals surface area contributed by atoms with Crippen LogP contribution in [0.2, 0.25) is 0 Å². The molecule has 1 heterocycles. The lowest BCUT2D eigenvalue weighted by atomic mass is 9.95. The number of amides is 1. The van der Waals surface area contributed by atoms with Crippen LogP contribution in [0.4, 0.5) is 11.4 Å². The molecule has 1 aromatic rings. The molecule has 20 heavy (non-hydrogen) atoms. The van der Waals surface area contributed by atoms with E-state index in [0.717, 1.165) is 24.9 Å². The number of benzene rings is 1. The van der Waals surface area contributed by atoms with Gasteiger partial charge < -0.3 is 16.2 Å². The molecule has 1 atom stereocenters. The van der Waals surface area contributed by atoms with Gasteiger partial charge in [-0.1, -0.05) is 6.07 Å². The number of likely N-dealkylation sites (tertiary alicyclic amines) is 1. The van der Waals surface area contributed by atoms with E-state index < -0.39 is 5.60 Å². The van der Waals surface area contributed by atoms with Crippen LogP contribution in [-0.4, -0.2) is 41.1 Å². The predicted molar refractivity (Wildman–Crippen MR) is 80.5 cm³/mol. The molecule has 0 spiro atoms. The summed E-state index contributed by atoms with van der Waals surface area (Å²) in [4.78, 5) is 14.0. The van der Waals surface area contributed by atoms with Gasteiger partial charge in [0.05, 0.1) is 12.1 Å². The molecule has 110 valence electrons. The average Bonchev–Trinajstić information content (AvgIpc) is 2.32. The van der Waals surface area contributed by atoms with E-state index in [1.807, 2.05) is 30.9 Å². The third kappa shape index (κ3) is 3.95. The van der Waals surface area contributed by atoms with Gasteiger partial charge in [-0.25, -0.2) is 0 Å². The minimum Gasteiger partial charge on any atom is -0.398 e. The smallest absolute Gasteiger partial charge is 0.238 e. The number of carbonyl (C=O) groups excluding carboxylic acids is 1. The zero-order valence-electron chi connectivity index (χ0n) is 12.1. The number of rotatable bonds is 3. The van der Waals surface area contributed by atoms with Crippen molar-refractivity contribution in [3.63, 3.8) is 0 Å². The summed E-state index contributed by atoms with van der Waals surface area (Å²) in [6.45, 7) is 5.43. The molecule has 1 aromatic carbocycles. The van der Waals surface area contributed by atoms with Crippen LogP contribution in [0.1, 0.15) is 25.3 Å². The van der Waals surface area contributed by atoms with Gasteiger partial charge in [0.15, 0.2) is 0 Å². The third-order valence-corrected chi connectivity index (χ3v) is 3.68. The van der Waals surface area contributed by atoms with Gasteiger partial charge in [0, 0.05) is 17.9 Å². The number of hydrogen-bond acceptors (Lipinski definition) is 4. The number of nitrogens with two attached hydrogens (primary N) is 1. The van der Waals surface area contributed by atoms with Crippen molar-refractivity contribution in [1.29, 1.82) is 0 Å². The fourth-order valence-corrected chi connectivity index (χ4v) is 2.58. The molecule has 1 aliphatic rings. The zero-order chi connectivity index (χ0) is 14.8. The molecule has 0 aromatic heterocycles. The molecule has 1 amide bonds. The van der Waals surface area contributed by atoms with Crippen LogP contribution in [0.3, 0.4) is 0 Å². The largest absolute Gasteiger partial charge is 0.398 e. The summed E-state index contributed by atoms with van der Waals surface area (Å²) in [5.74, 6) is -0.0778. The fourth-order valence-electron chi connectivity index (χ4n) is 2.58. The van der Waals surface area contributed by atoms with E-state index in [9.17, 15) is 9.90 Å². The number of nitrogens with one attached hydrogen (secondary N) is 1. The average molecular weight is 277 g/mol. The first kappa shape index (κ1) is 14.8. The summed E-state index contributed by atoms with van der Waals surface area (Å²) in [5, 5.41) is 12.9. The molecule has 1 fully saturated rings. The Kier molecular flexibility index (Phi) is 4.30. The number of nitrogen functional groups attached to an aromatic ring is 1. The maximum absolute atomic E-state index is 12.0. The fraction of sp³-hybridized carbons (Fsp3) is 0.533. The maximum atomic E-state index is 12.0. The highest BCUT2D eigenvalue weighted by atomic mass is 16.3. The van der Waals surface area contributed by atoms with Gasteiger partial charge in [-0.2, -0.15) is 0 Å². The van der Waals surface area contributed by atoms with Crippen molar-refractivity contribution in [1.82, 2.24) is 4.90 Å². The van der Waals surface area contributed by atoms with E-state index >= 15 is 0 Å². The maximum Gasteiger partial charge on any atom is 0.238 e. The first-order valence-corrected chi connectivity index (χ1v) is 6.96. The van der Waals surface area contributed by atoms with E-state index in [1.165, 1.54) is 0 Å².